The molecule has 5 aromatic heterocycles. The maximum Gasteiger partial charge on any atom is 0.419 e. The van der Waals surface area contributed by atoms with Crippen molar-refractivity contribution in [1.82, 2.24) is 17.9 Å². The van der Waals surface area contributed by atoms with Crippen molar-refractivity contribution in [2.24, 2.45) is 0 Å². The number of hydrogen-bond donors (Lipinski definition) is 0. The summed E-state index contributed by atoms with van der Waals surface area (Å²) in [6.45, 7) is 12.4. The Kier molecular flexibility index (Phi) is 8.77. The van der Waals surface area contributed by atoms with Crippen molar-refractivity contribution >= 4 is 101 Å². The second-order valence-electron chi connectivity index (χ2n) is 16.2. The Hall–Kier alpha value is -6.02. The van der Waals surface area contributed by atoms with Crippen molar-refractivity contribution in [3.05, 3.63) is 116 Å². The van der Waals surface area contributed by atoms with E-state index in [0.717, 1.165) is 47.9 Å². The second-order valence-corrected chi connectivity index (χ2v) is 18.8. The minimum absolute atomic E-state index is 0.127. The third-order valence-electron chi connectivity index (χ3n) is 9.71. The summed E-state index contributed by atoms with van der Waals surface area (Å²) in [5.74, 6) is 0. The molecule has 0 aliphatic heterocycles. The summed E-state index contributed by atoms with van der Waals surface area (Å²) in [5, 5.41) is 2.88. The molecule has 4 aromatic carbocycles. The number of carbonyl (C=O) groups excluding carboxylic acids is 2. The van der Waals surface area contributed by atoms with E-state index in [0.29, 0.717) is 16.4 Å². The van der Waals surface area contributed by atoms with Crippen LogP contribution in [0.25, 0.3) is 86.0 Å². The van der Waals surface area contributed by atoms with Crippen LogP contribution in [0, 0.1) is 6.92 Å². The summed E-state index contributed by atoms with van der Waals surface area (Å²) in [5.41, 5.74) is 3.84. The average Bonchev–Trinajstić information content (AvgIpc) is 3.96. The molecule has 9 rings (SSSR count). The minimum atomic E-state index is -0.875. The predicted octanol–water partition coefficient (Wildman–Crippen LogP) is 11.6. The number of hydrogen-bond acceptors (Lipinski definition) is 11. The topological polar surface area (TPSA) is 122 Å². The molecule has 58 heavy (non-hydrogen) atoms. The molecule has 0 N–H and O–H groups in total. The van der Waals surface area contributed by atoms with E-state index in [2.05, 4.69) is 26.9 Å². The molecule has 13 heteroatoms. The molecule has 0 saturated heterocycles. The smallest absolute Gasteiger partial charge is 0.419 e. The number of benzene rings is 4. The summed E-state index contributed by atoms with van der Waals surface area (Å²) in [4.78, 5) is 60.2. The molecule has 0 amide bonds. The first-order valence-electron chi connectivity index (χ1n) is 18.5. The van der Waals surface area contributed by atoms with Gasteiger partial charge in [0, 0.05) is 47.3 Å². The molecule has 10 nitrogen and oxygen atoms in total. The van der Waals surface area contributed by atoms with E-state index >= 15 is 0 Å². The number of thiophene rings is 2. The first kappa shape index (κ1) is 37.6. The highest BCUT2D eigenvalue weighted by atomic mass is 32.1. The van der Waals surface area contributed by atoms with Gasteiger partial charge in [-0.3, -0.25) is 9.59 Å². The highest BCUT2D eigenvalue weighted by Gasteiger charge is 2.27. The average molecular weight is 825 g/mol. The van der Waals surface area contributed by atoms with E-state index in [1.807, 2.05) is 42.6 Å². The first-order chi connectivity index (χ1) is 27.6. The molecule has 0 fully saturated rings. The zero-order valence-corrected chi connectivity index (χ0v) is 35.1. The van der Waals surface area contributed by atoms with Gasteiger partial charge < -0.3 is 9.47 Å². The Morgan fingerprint density at radius 2 is 1.10 bits per heavy atom. The fraction of sp³-hybridized carbons (Fsp3) is 0.200. The Labute approximate surface area is 343 Å². The van der Waals surface area contributed by atoms with E-state index in [1.165, 1.54) is 33.0 Å². The lowest BCUT2D eigenvalue weighted by atomic mass is 10.0. The summed E-state index contributed by atoms with van der Waals surface area (Å²) in [6, 6.07) is 26.0. The molecule has 0 aliphatic carbocycles. The van der Waals surface area contributed by atoms with Gasteiger partial charge in [0.1, 0.15) is 22.2 Å². The van der Waals surface area contributed by atoms with Crippen LogP contribution < -0.4 is 10.9 Å². The highest BCUT2D eigenvalue weighted by Crippen LogP contribution is 2.41. The molecule has 5 heterocycles. The lowest BCUT2D eigenvalue weighted by Crippen LogP contribution is -2.29. The van der Waals surface area contributed by atoms with Crippen molar-refractivity contribution in [1.29, 1.82) is 0 Å². The maximum absolute atomic E-state index is 14.8. The van der Waals surface area contributed by atoms with Gasteiger partial charge in [-0.1, -0.05) is 35.9 Å². The molecule has 0 aliphatic rings. The van der Waals surface area contributed by atoms with Crippen molar-refractivity contribution in [2.75, 3.05) is 0 Å². The van der Waals surface area contributed by atoms with E-state index < -0.39 is 23.4 Å². The molecular formula is C45H36N4O6S3. The molecule has 290 valence electrons. The van der Waals surface area contributed by atoms with Gasteiger partial charge in [0.15, 0.2) is 10.9 Å². The van der Waals surface area contributed by atoms with Crippen molar-refractivity contribution < 1.29 is 19.1 Å². The Morgan fingerprint density at radius 1 is 0.586 bits per heavy atom. The monoisotopic (exact) mass is 824 g/mol. The SMILES string of the molecule is Cc1ccc2c(c1)c(=O)c1cc3c(cc1n2C(=O)OC(C)(C)C)c(=O)c1cc(-c2ccc(-c4ccc(-c5cccs5)c5nsnc45)s2)ccc1n3C(=O)OC(C)(C)C. The molecule has 0 spiro atoms. The van der Waals surface area contributed by atoms with Gasteiger partial charge in [-0.25, -0.2) is 18.7 Å². The molecule has 9 aromatic rings. The lowest BCUT2D eigenvalue weighted by molar-refractivity contribution is 0.0538. The van der Waals surface area contributed by atoms with Gasteiger partial charge in [-0.2, -0.15) is 8.75 Å². The van der Waals surface area contributed by atoms with Crippen LogP contribution in [-0.2, 0) is 9.47 Å². The largest absolute Gasteiger partial charge is 0.443 e. The predicted molar refractivity (Wildman–Crippen MR) is 236 cm³/mol. The Bertz CT molecular complexity index is 3300. The summed E-state index contributed by atoms with van der Waals surface area (Å²) in [6.07, 6.45) is -1.43. The number of rotatable bonds is 3. The first-order valence-corrected chi connectivity index (χ1v) is 21.0. The standard InChI is InChI=1S/C45H36N4O6S3/c1-23-10-14-31-27(19-23)40(50)29-21-34-30(22-33(29)48(31)42(52)54-44(2,3)4)41(51)28-20-24(11-15-32(28)49(34)43(53)55-45(5,6)7)35-16-17-37(57-35)26-13-12-25(36-9-8-18-56-36)38-39(26)47-58-46-38/h8-22H,1-7H3. The number of ether oxygens (including phenoxy) is 2. The quantitative estimate of drug-likeness (QED) is 0.161. The van der Waals surface area contributed by atoms with Crippen LogP contribution in [0.4, 0.5) is 9.59 Å². The second kappa shape index (κ2) is 13.5. The third-order valence-corrected chi connectivity index (χ3v) is 12.3. The zero-order chi connectivity index (χ0) is 40.8. The van der Waals surface area contributed by atoms with Gasteiger partial charge in [-0.05, 0) is 114 Å². The lowest BCUT2D eigenvalue weighted by Gasteiger charge is -2.23. The van der Waals surface area contributed by atoms with Crippen LogP contribution >= 0.6 is 34.4 Å². The van der Waals surface area contributed by atoms with Gasteiger partial charge in [-0.15, -0.1) is 22.7 Å². The number of carbonyl (C=O) groups is 2. The molecule has 0 radical (unpaired) electrons. The molecule has 0 saturated carbocycles. The molecule has 0 atom stereocenters. The fourth-order valence-electron chi connectivity index (χ4n) is 7.30. The Balaban J connectivity index is 1.27. The number of aryl methyl sites for hydroxylation is 1. The van der Waals surface area contributed by atoms with Crippen LogP contribution in [0.2, 0.25) is 0 Å². The number of nitrogens with zero attached hydrogens (tertiary/aromatic N) is 4. The Morgan fingerprint density at radius 3 is 1.66 bits per heavy atom. The van der Waals surface area contributed by atoms with Gasteiger partial charge in [0.2, 0.25) is 0 Å². The number of fused-ring (bicyclic) bond motifs is 5. The van der Waals surface area contributed by atoms with Crippen LogP contribution in [0.1, 0.15) is 47.1 Å². The van der Waals surface area contributed by atoms with Crippen molar-refractivity contribution in [3.8, 4) is 31.3 Å². The zero-order valence-electron chi connectivity index (χ0n) is 32.6. The van der Waals surface area contributed by atoms with Crippen molar-refractivity contribution in [2.45, 2.75) is 59.7 Å². The number of pyridine rings is 2. The van der Waals surface area contributed by atoms with Gasteiger partial charge >= 0.3 is 12.2 Å². The third kappa shape index (κ3) is 6.39. The summed E-state index contributed by atoms with van der Waals surface area (Å²) < 4.78 is 23.7. The summed E-state index contributed by atoms with van der Waals surface area (Å²) in [7, 11) is 0. The van der Waals surface area contributed by atoms with E-state index in [1.54, 1.807) is 88.5 Å². The molecule has 0 unspecified atom stereocenters. The van der Waals surface area contributed by atoms with Crippen LogP contribution in [0.3, 0.4) is 0 Å². The van der Waals surface area contributed by atoms with E-state index in [9.17, 15) is 19.2 Å². The van der Waals surface area contributed by atoms with Crippen LogP contribution in [0.5, 0.6) is 0 Å². The van der Waals surface area contributed by atoms with E-state index in [-0.39, 0.29) is 38.0 Å². The summed E-state index contributed by atoms with van der Waals surface area (Å²) >= 11 is 4.40. The normalized spacial score (nSPS) is 12.3. The number of aromatic nitrogens is 4. The molecular weight excluding hydrogens is 789 g/mol. The van der Waals surface area contributed by atoms with Crippen molar-refractivity contribution in [3.63, 3.8) is 0 Å². The van der Waals surface area contributed by atoms with E-state index in [4.69, 9.17) is 9.47 Å². The van der Waals surface area contributed by atoms with Gasteiger partial charge in [0.05, 0.1) is 33.8 Å². The fourth-order valence-corrected chi connectivity index (χ4v) is 9.65. The van der Waals surface area contributed by atoms with Crippen LogP contribution in [-0.4, -0.2) is 41.3 Å². The van der Waals surface area contributed by atoms with Gasteiger partial charge in [0.25, 0.3) is 0 Å². The highest BCUT2D eigenvalue weighted by molar-refractivity contribution is 7.19. The molecule has 0 bridgehead atoms. The minimum Gasteiger partial charge on any atom is -0.443 e. The maximum atomic E-state index is 14.8. The van der Waals surface area contributed by atoms with Crippen LogP contribution in [0.15, 0.2) is 99.9 Å².